The predicted molar refractivity (Wildman–Crippen MR) is 90.9 cm³/mol. The van der Waals surface area contributed by atoms with Crippen LogP contribution < -0.4 is 4.74 Å². The van der Waals surface area contributed by atoms with Gasteiger partial charge < -0.3 is 9.64 Å². The van der Waals surface area contributed by atoms with Crippen LogP contribution in [0.1, 0.15) is 42.0 Å². The third-order valence-electron chi connectivity index (χ3n) is 5.12. The van der Waals surface area contributed by atoms with Gasteiger partial charge in [-0.05, 0) is 55.4 Å². The molecule has 2 heterocycles. The maximum atomic E-state index is 12.6. The highest BCUT2D eigenvalue weighted by atomic mass is 16.5. The molecule has 0 bridgehead atoms. The smallest absolute Gasteiger partial charge is 0.261 e. The van der Waals surface area contributed by atoms with Crippen molar-refractivity contribution in [3.8, 4) is 5.75 Å². The molecule has 0 radical (unpaired) electrons. The molecule has 1 fully saturated rings. The van der Waals surface area contributed by atoms with Crippen LogP contribution in [0.3, 0.4) is 0 Å². The van der Waals surface area contributed by atoms with Crippen LogP contribution in [0.2, 0.25) is 0 Å². The number of amides is 1. The van der Waals surface area contributed by atoms with Crippen molar-refractivity contribution in [3.63, 3.8) is 0 Å². The fourth-order valence-corrected chi connectivity index (χ4v) is 3.89. The Morgan fingerprint density at radius 2 is 2.17 bits per heavy atom. The Hall–Kier alpha value is -2.30. The monoisotopic (exact) mass is 325 g/mol. The van der Waals surface area contributed by atoms with Gasteiger partial charge in [0.25, 0.3) is 5.91 Å². The van der Waals surface area contributed by atoms with Crippen molar-refractivity contribution in [2.75, 3.05) is 13.2 Å². The Bertz CT molecular complexity index is 753. The normalized spacial score (nSPS) is 19.5. The Kier molecular flexibility index (Phi) is 4.00. The molecule has 126 valence electrons. The lowest BCUT2D eigenvalue weighted by atomic mass is 10.1. The number of benzene rings is 1. The Labute approximate surface area is 142 Å². The first kappa shape index (κ1) is 15.2. The summed E-state index contributed by atoms with van der Waals surface area (Å²) in [6, 6.07) is 6.35. The summed E-state index contributed by atoms with van der Waals surface area (Å²) in [7, 11) is 1.90. The number of nitrogens with zero attached hydrogens (tertiary/aromatic N) is 3. The molecule has 5 nitrogen and oxygen atoms in total. The second-order valence-electron chi connectivity index (χ2n) is 6.77. The van der Waals surface area contributed by atoms with Crippen molar-refractivity contribution in [3.05, 3.63) is 47.3 Å². The standard InChI is InChI=1S/C19H23N3O2/c1-21-12-16(11-20-21)18-6-3-9-22(18)19(23)13-24-17-8-7-14-4-2-5-15(14)10-17/h7-8,10-12,18H,2-6,9,13H2,1H3/t18-/m1/s1. The van der Waals surface area contributed by atoms with E-state index in [2.05, 4.69) is 17.2 Å². The van der Waals surface area contributed by atoms with Crippen molar-refractivity contribution in [1.29, 1.82) is 0 Å². The Morgan fingerprint density at radius 3 is 3.00 bits per heavy atom. The van der Waals surface area contributed by atoms with Crippen LogP contribution in [0, 0.1) is 0 Å². The fraction of sp³-hybridized carbons (Fsp3) is 0.474. The van der Waals surface area contributed by atoms with Gasteiger partial charge in [-0.15, -0.1) is 0 Å². The summed E-state index contributed by atoms with van der Waals surface area (Å²) in [5.41, 5.74) is 3.90. The first-order valence-corrected chi connectivity index (χ1v) is 8.73. The molecule has 0 N–H and O–H groups in total. The minimum atomic E-state index is 0.0573. The van der Waals surface area contributed by atoms with E-state index in [0.717, 1.165) is 43.5 Å². The van der Waals surface area contributed by atoms with Gasteiger partial charge in [-0.1, -0.05) is 6.07 Å². The average molecular weight is 325 g/mol. The molecule has 1 saturated heterocycles. The van der Waals surface area contributed by atoms with Crippen molar-refractivity contribution >= 4 is 5.91 Å². The van der Waals surface area contributed by atoms with E-state index in [-0.39, 0.29) is 18.6 Å². The average Bonchev–Trinajstić information content (AvgIpc) is 3.31. The molecule has 5 heteroatoms. The highest BCUT2D eigenvalue weighted by molar-refractivity contribution is 5.78. The van der Waals surface area contributed by atoms with E-state index < -0.39 is 0 Å². The first-order valence-electron chi connectivity index (χ1n) is 8.73. The predicted octanol–water partition coefficient (Wildman–Crippen LogP) is 2.65. The maximum Gasteiger partial charge on any atom is 0.261 e. The maximum absolute atomic E-state index is 12.6. The van der Waals surface area contributed by atoms with E-state index >= 15 is 0 Å². The number of rotatable bonds is 4. The van der Waals surface area contributed by atoms with Gasteiger partial charge in [0.1, 0.15) is 5.75 Å². The molecule has 1 atom stereocenters. The summed E-state index contributed by atoms with van der Waals surface area (Å²) in [6.07, 6.45) is 9.39. The second kappa shape index (κ2) is 6.30. The molecule has 0 spiro atoms. The van der Waals surface area contributed by atoms with E-state index in [4.69, 9.17) is 4.74 Å². The zero-order valence-corrected chi connectivity index (χ0v) is 14.1. The molecular formula is C19H23N3O2. The van der Waals surface area contributed by atoms with Crippen LogP contribution in [-0.4, -0.2) is 33.7 Å². The van der Waals surface area contributed by atoms with Crippen LogP contribution in [0.15, 0.2) is 30.6 Å². The van der Waals surface area contributed by atoms with E-state index in [1.807, 2.05) is 30.4 Å². The van der Waals surface area contributed by atoms with Gasteiger partial charge in [-0.2, -0.15) is 5.10 Å². The van der Waals surface area contributed by atoms with Crippen molar-refractivity contribution < 1.29 is 9.53 Å². The molecular weight excluding hydrogens is 302 g/mol. The van der Waals surface area contributed by atoms with Gasteiger partial charge in [-0.3, -0.25) is 9.48 Å². The number of aryl methyl sites for hydroxylation is 3. The van der Waals surface area contributed by atoms with Crippen LogP contribution in [-0.2, 0) is 24.7 Å². The zero-order valence-electron chi connectivity index (χ0n) is 14.1. The largest absolute Gasteiger partial charge is 0.484 e. The molecule has 4 rings (SSSR count). The summed E-state index contributed by atoms with van der Waals surface area (Å²) in [5.74, 6) is 0.864. The Morgan fingerprint density at radius 1 is 1.29 bits per heavy atom. The number of hydrogen-bond acceptors (Lipinski definition) is 3. The topological polar surface area (TPSA) is 47.4 Å². The first-order chi connectivity index (χ1) is 11.7. The van der Waals surface area contributed by atoms with Gasteiger partial charge in [0.05, 0.1) is 12.2 Å². The van der Waals surface area contributed by atoms with Gasteiger partial charge in [-0.25, -0.2) is 0 Å². The third kappa shape index (κ3) is 2.90. The number of fused-ring (bicyclic) bond motifs is 1. The van der Waals surface area contributed by atoms with E-state index in [1.165, 1.54) is 17.5 Å². The minimum Gasteiger partial charge on any atom is -0.484 e. The van der Waals surface area contributed by atoms with E-state index in [0.29, 0.717) is 0 Å². The SMILES string of the molecule is Cn1cc([C@H]2CCCN2C(=O)COc2ccc3c(c2)CCC3)cn1. The molecule has 0 unspecified atom stereocenters. The number of aromatic nitrogens is 2. The molecule has 1 aromatic carbocycles. The lowest BCUT2D eigenvalue weighted by molar-refractivity contribution is -0.134. The lowest BCUT2D eigenvalue weighted by Crippen LogP contribution is -2.34. The second-order valence-corrected chi connectivity index (χ2v) is 6.77. The summed E-state index contributed by atoms with van der Waals surface area (Å²) in [5, 5.41) is 4.23. The van der Waals surface area contributed by atoms with Gasteiger partial charge in [0.2, 0.25) is 0 Å². The molecule has 1 amide bonds. The summed E-state index contributed by atoms with van der Waals surface area (Å²) >= 11 is 0. The van der Waals surface area contributed by atoms with Crippen LogP contribution in [0.25, 0.3) is 0 Å². The molecule has 1 aliphatic heterocycles. The molecule has 1 aliphatic carbocycles. The highest BCUT2D eigenvalue weighted by Crippen LogP contribution is 2.32. The fourth-order valence-electron chi connectivity index (χ4n) is 3.89. The van der Waals surface area contributed by atoms with Gasteiger partial charge in [0.15, 0.2) is 6.61 Å². The highest BCUT2D eigenvalue weighted by Gasteiger charge is 2.30. The Balaban J connectivity index is 1.40. The van der Waals surface area contributed by atoms with Gasteiger partial charge >= 0.3 is 0 Å². The summed E-state index contributed by atoms with van der Waals surface area (Å²) in [4.78, 5) is 14.6. The third-order valence-corrected chi connectivity index (χ3v) is 5.12. The number of carbonyl (C=O) groups is 1. The molecule has 2 aliphatic rings. The lowest BCUT2D eigenvalue weighted by Gasteiger charge is -2.24. The number of likely N-dealkylation sites (tertiary alicyclic amines) is 1. The zero-order chi connectivity index (χ0) is 16.5. The van der Waals surface area contributed by atoms with Gasteiger partial charge in [0, 0.05) is 25.4 Å². The van der Waals surface area contributed by atoms with Crippen molar-refractivity contribution in [2.24, 2.45) is 7.05 Å². The molecule has 0 saturated carbocycles. The van der Waals surface area contributed by atoms with E-state index in [9.17, 15) is 4.79 Å². The number of hydrogen-bond donors (Lipinski definition) is 0. The van der Waals surface area contributed by atoms with Crippen LogP contribution in [0.4, 0.5) is 0 Å². The molecule has 1 aromatic heterocycles. The minimum absolute atomic E-state index is 0.0573. The summed E-state index contributed by atoms with van der Waals surface area (Å²) < 4.78 is 7.57. The van der Waals surface area contributed by atoms with Crippen molar-refractivity contribution in [1.82, 2.24) is 14.7 Å². The van der Waals surface area contributed by atoms with Crippen molar-refractivity contribution in [2.45, 2.75) is 38.1 Å². The van der Waals surface area contributed by atoms with E-state index in [1.54, 1.807) is 4.68 Å². The summed E-state index contributed by atoms with van der Waals surface area (Å²) in [6.45, 7) is 0.904. The molecule has 24 heavy (non-hydrogen) atoms. The molecule has 2 aromatic rings. The number of carbonyl (C=O) groups excluding carboxylic acids is 1. The quantitative estimate of drug-likeness (QED) is 0.868. The number of ether oxygens (including phenoxy) is 1. The van der Waals surface area contributed by atoms with Crippen LogP contribution in [0.5, 0.6) is 5.75 Å². The van der Waals surface area contributed by atoms with Crippen LogP contribution >= 0.6 is 0 Å².